The van der Waals surface area contributed by atoms with Crippen LogP contribution in [0.5, 0.6) is 5.75 Å². The first-order valence-corrected chi connectivity index (χ1v) is 13.0. The maximum atomic E-state index is 13.8. The molecule has 2 heterocycles. The van der Waals surface area contributed by atoms with Gasteiger partial charge in [0.25, 0.3) is 0 Å². The number of quaternary nitrogens is 1. The van der Waals surface area contributed by atoms with Gasteiger partial charge in [0.1, 0.15) is 37.0 Å². The van der Waals surface area contributed by atoms with E-state index >= 15 is 0 Å². The molecule has 0 radical (unpaired) electrons. The molecule has 38 heavy (non-hydrogen) atoms. The highest BCUT2D eigenvalue weighted by atomic mass is 19.1. The van der Waals surface area contributed by atoms with E-state index in [0.717, 1.165) is 55.4 Å². The third kappa shape index (κ3) is 4.80. The number of anilines is 1. The molecule has 0 spiro atoms. The molecule has 2 aromatic rings. The van der Waals surface area contributed by atoms with Crippen LogP contribution in [0.25, 0.3) is 0 Å². The van der Waals surface area contributed by atoms with Gasteiger partial charge in [-0.3, -0.25) is 9.69 Å². The Kier molecular flexibility index (Phi) is 6.99. The maximum Gasteiger partial charge on any atom is 0.162 e. The fourth-order valence-electron chi connectivity index (χ4n) is 5.95. The molecule has 3 aliphatic rings. The number of morpholine rings is 1. The number of hydrogen-bond acceptors (Lipinski definition) is 6. The second-order valence-electron chi connectivity index (χ2n) is 11.1. The summed E-state index contributed by atoms with van der Waals surface area (Å²) in [6.45, 7) is 8.12. The number of nitriles is 1. The number of methoxy groups -OCH3 is 1. The lowest BCUT2D eigenvalue weighted by Gasteiger charge is -2.43. The normalized spacial score (nSPS) is 21.8. The number of benzene rings is 2. The molecule has 1 atom stereocenters. The van der Waals surface area contributed by atoms with E-state index in [1.807, 2.05) is 12.1 Å². The Hall–Kier alpha value is -3.67. The van der Waals surface area contributed by atoms with Gasteiger partial charge in [-0.25, -0.2) is 4.39 Å². The first-order chi connectivity index (χ1) is 18.2. The minimum atomic E-state index is -0.584. The van der Waals surface area contributed by atoms with Crippen LogP contribution in [-0.4, -0.2) is 39.2 Å². The predicted octanol–water partition coefficient (Wildman–Crippen LogP) is 3.19. The van der Waals surface area contributed by atoms with Crippen molar-refractivity contribution in [3.05, 3.63) is 82.1 Å². The van der Waals surface area contributed by atoms with Crippen LogP contribution in [0.3, 0.4) is 0 Å². The van der Waals surface area contributed by atoms with Gasteiger partial charge in [0, 0.05) is 28.9 Å². The summed E-state index contributed by atoms with van der Waals surface area (Å²) in [6, 6.07) is 14.2. The Morgan fingerprint density at radius 3 is 2.55 bits per heavy atom. The number of halogens is 1. The van der Waals surface area contributed by atoms with Crippen LogP contribution in [0.4, 0.5) is 10.1 Å². The molecule has 3 N–H and O–H groups in total. The Bertz CT molecular complexity index is 1350. The summed E-state index contributed by atoms with van der Waals surface area (Å²) >= 11 is 0. The number of Topliss-reactive ketones (excluding diaryl/α,β-unsaturated/α-hetero) is 1. The monoisotopic (exact) mass is 517 g/mol. The van der Waals surface area contributed by atoms with Crippen molar-refractivity contribution in [2.75, 3.05) is 38.3 Å². The Morgan fingerprint density at radius 2 is 1.89 bits per heavy atom. The molecular formula is C30H34FN4O3+. The second-order valence-corrected chi connectivity index (χ2v) is 11.1. The predicted molar refractivity (Wildman–Crippen MR) is 142 cm³/mol. The fraction of sp³-hybridized carbons (Fsp3) is 0.400. The zero-order valence-corrected chi connectivity index (χ0v) is 22.1. The molecule has 1 saturated heterocycles. The van der Waals surface area contributed by atoms with Gasteiger partial charge < -0.3 is 20.1 Å². The molecule has 7 nitrogen and oxygen atoms in total. The van der Waals surface area contributed by atoms with E-state index < -0.39 is 5.92 Å². The van der Waals surface area contributed by atoms with E-state index in [0.29, 0.717) is 29.7 Å². The van der Waals surface area contributed by atoms with Crippen molar-refractivity contribution >= 4 is 11.5 Å². The number of ether oxygens (including phenoxy) is 2. The molecule has 2 aromatic carbocycles. The summed E-state index contributed by atoms with van der Waals surface area (Å²) in [6.07, 6.45) is 0.974. The summed E-state index contributed by atoms with van der Waals surface area (Å²) in [7, 11) is 1.65. The number of carbonyl (C=O) groups excluding carboxylic acids is 1. The largest absolute Gasteiger partial charge is 0.496 e. The zero-order valence-electron chi connectivity index (χ0n) is 22.1. The molecule has 1 aliphatic carbocycles. The van der Waals surface area contributed by atoms with Gasteiger partial charge in [-0.2, -0.15) is 5.26 Å². The Morgan fingerprint density at radius 1 is 1.18 bits per heavy atom. The summed E-state index contributed by atoms with van der Waals surface area (Å²) < 4.78 is 25.0. The highest BCUT2D eigenvalue weighted by Crippen LogP contribution is 2.50. The first kappa shape index (κ1) is 26.0. The van der Waals surface area contributed by atoms with Crippen molar-refractivity contribution in [1.82, 2.24) is 0 Å². The van der Waals surface area contributed by atoms with E-state index in [1.165, 1.54) is 17.0 Å². The molecule has 2 aliphatic heterocycles. The van der Waals surface area contributed by atoms with Crippen LogP contribution in [0, 0.1) is 22.6 Å². The number of rotatable bonds is 5. The summed E-state index contributed by atoms with van der Waals surface area (Å²) in [4.78, 5) is 17.0. The molecule has 0 bridgehead atoms. The van der Waals surface area contributed by atoms with E-state index in [1.54, 1.807) is 24.1 Å². The molecule has 0 saturated carbocycles. The number of allylic oxidation sites excluding steroid dienone is 3. The van der Waals surface area contributed by atoms with Crippen LogP contribution < -0.4 is 20.3 Å². The minimum Gasteiger partial charge on any atom is -0.496 e. The average molecular weight is 518 g/mol. The van der Waals surface area contributed by atoms with E-state index in [-0.39, 0.29) is 22.8 Å². The fourth-order valence-corrected chi connectivity index (χ4v) is 5.95. The van der Waals surface area contributed by atoms with Crippen molar-refractivity contribution in [2.24, 2.45) is 11.1 Å². The average Bonchev–Trinajstić information content (AvgIpc) is 2.89. The first-order valence-electron chi connectivity index (χ1n) is 13.0. The van der Waals surface area contributed by atoms with E-state index in [4.69, 9.17) is 15.2 Å². The molecule has 5 rings (SSSR count). The number of nitrogens with zero attached hydrogens (tertiary/aromatic N) is 2. The molecule has 0 amide bonds. The lowest BCUT2D eigenvalue weighted by molar-refractivity contribution is -0.921. The number of carbonyl (C=O) groups is 1. The Balaban J connectivity index is 1.66. The van der Waals surface area contributed by atoms with Gasteiger partial charge in [0.15, 0.2) is 5.78 Å². The quantitative estimate of drug-likeness (QED) is 0.633. The van der Waals surface area contributed by atoms with E-state index in [9.17, 15) is 14.4 Å². The standard InChI is InChI=1S/C30H33FN4O3/c1-30(2)15-24-28(25(36)16-30)27(23(17-32)29(33)35(24)22-7-5-21(31)6-8-22)19-4-9-26(37-3)20(14-19)18-34-10-12-38-13-11-34/h4-9,14,27H,10-13,15-16,18,33H2,1-3H3/p+1. The molecule has 0 aromatic heterocycles. The lowest BCUT2D eigenvalue weighted by atomic mass is 9.68. The van der Waals surface area contributed by atoms with Gasteiger partial charge in [-0.15, -0.1) is 0 Å². The number of ketones is 1. The van der Waals surface area contributed by atoms with Crippen LogP contribution in [-0.2, 0) is 16.1 Å². The Labute approximate surface area is 222 Å². The van der Waals surface area contributed by atoms with Gasteiger partial charge in [0.05, 0.1) is 37.9 Å². The summed E-state index contributed by atoms with van der Waals surface area (Å²) in [5.74, 6) is 0.0975. The number of nitrogens with one attached hydrogen (secondary N) is 1. The molecule has 1 fully saturated rings. The van der Waals surface area contributed by atoms with Crippen LogP contribution in [0.1, 0.15) is 43.7 Å². The third-order valence-electron chi connectivity index (χ3n) is 7.74. The molecular weight excluding hydrogens is 483 g/mol. The highest BCUT2D eigenvalue weighted by Gasteiger charge is 2.44. The van der Waals surface area contributed by atoms with Gasteiger partial charge in [-0.1, -0.05) is 19.9 Å². The minimum absolute atomic E-state index is 0.00443. The molecule has 198 valence electrons. The lowest BCUT2D eigenvalue weighted by Crippen LogP contribution is -3.12. The van der Waals surface area contributed by atoms with Crippen LogP contribution in [0.15, 0.2) is 65.1 Å². The highest BCUT2D eigenvalue weighted by molar-refractivity contribution is 6.01. The van der Waals surface area contributed by atoms with Gasteiger partial charge in [-0.05, 0) is 53.8 Å². The number of nitrogens with two attached hydrogens (primary N) is 1. The van der Waals surface area contributed by atoms with Crippen molar-refractivity contribution in [3.8, 4) is 11.8 Å². The zero-order chi connectivity index (χ0) is 27.0. The van der Waals surface area contributed by atoms with Crippen molar-refractivity contribution < 1.29 is 23.6 Å². The van der Waals surface area contributed by atoms with Crippen LogP contribution in [0.2, 0.25) is 0 Å². The van der Waals surface area contributed by atoms with Gasteiger partial charge >= 0.3 is 0 Å². The molecule has 1 unspecified atom stereocenters. The van der Waals surface area contributed by atoms with Crippen LogP contribution >= 0.6 is 0 Å². The van der Waals surface area contributed by atoms with Crippen molar-refractivity contribution in [1.29, 1.82) is 5.26 Å². The van der Waals surface area contributed by atoms with Gasteiger partial charge in [0.2, 0.25) is 0 Å². The van der Waals surface area contributed by atoms with Crippen molar-refractivity contribution in [3.63, 3.8) is 0 Å². The maximum absolute atomic E-state index is 13.8. The smallest absolute Gasteiger partial charge is 0.162 e. The second kappa shape index (κ2) is 10.2. The summed E-state index contributed by atoms with van der Waals surface area (Å²) in [5.41, 5.74) is 10.6. The topological polar surface area (TPSA) is 93.0 Å². The van der Waals surface area contributed by atoms with E-state index in [2.05, 4.69) is 26.0 Å². The number of hydrogen-bond donors (Lipinski definition) is 2. The third-order valence-corrected chi connectivity index (χ3v) is 7.74. The van der Waals surface area contributed by atoms with Crippen molar-refractivity contribution in [2.45, 2.75) is 39.2 Å². The molecule has 8 heteroatoms. The SMILES string of the molecule is COc1ccc(C2C(C#N)=C(N)N(c3ccc(F)cc3)C3=C2C(=O)CC(C)(C)C3)cc1C[NH+]1CCOCC1. The summed E-state index contributed by atoms with van der Waals surface area (Å²) in [5, 5.41) is 10.4.